The first-order chi connectivity index (χ1) is 11.6. The van der Waals surface area contributed by atoms with Gasteiger partial charge in [-0.3, -0.25) is 4.79 Å². The molecule has 0 aliphatic heterocycles. The summed E-state index contributed by atoms with van der Waals surface area (Å²) >= 11 is 0. The molecular weight excluding hydrogens is 304 g/mol. The van der Waals surface area contributed by atoms with Crippen molar-refractivity contribution in [2.45, 2.75) is 13.5 Å². The molecule has 5 heteroatoms. The van der Waals surface area contributed by atoms with E-state index in [-0.39, 0.29) is 5.91 Å². The minimum Gasteiger partial charge on any atom is -0.493 e. The van der Waals surface area contributed by atoms with Gasteiger partial charge in [0, 0.05) is 13.5 Å². The Balaban J connectivity index is 2.20. The number of hydrogen-bond donors (Lipinski definition) is 2. The highest BCUT2D eigenvalue weighted by molar-refractivity contribution is 5.76. The van der Waals surface area contributed by atoms with Gasteiger partial charge in [0.25, 0.3) is 0 Å². The predicted octanol–water partition coefficient (Wildman–Crippen LogP) is 2.93. The minimum absolute atomic E-state index is 0.137. The molecule has 0 aliphatic rings. The Morgan fingerprint density at radius 3 is 2.38 bits per heavy atom. The van der Waals surface area contributed by atoms with Gasteiger partial charge in [-0.05, 0) is 29.3 Å². The molecule has 1 amide bonds. The first-order valence-corrected chi connectivity index (χ1v) is 7.61. The molecule has 0 aliphatic carbocycles. The van der Waals surface area contributed by atoms with Crippen LogP contribution in [0.4, 0.5) is 0 Å². The summed E-state index contributed by atoms with van der Waals surface area (Å²) in [7, 11) is 3.19. The second kappa shape index (κ2) is 8.62. The Hall–Kier alpha value is -2.95. The van der Waals surface area contributed by atoms with Crippen molar-refractivity contribution < 1.29 is 14.3 Å². The average Bonchev–Trinajstić information content (AvgIpc) is 2.60. The highest BCUT2D eigenvalue weighted by atomic mass is 16.5. The summed E-state index contributed by atoms with van der Waals surface area (Å²) in [5.41, 5.74) is 2.01. The van der Waals surface area contributed by atoms with Crippen LogP contribution in [0.25, 0.3) is 6.08 Å². The van der Waals surface area contributed by atoms with Crippen LogP contribution in [0.5, 0.6) is 11.5 Å². The van der Waals surface area contributed by atoms with E-state index in [1.165, 1.54) is 6.92 Å². The van der Waals surface area contributed by atoms with E-state index >= 15 is 0 Å². The zero-order valence-corrected chi connectivity index (χ0v) is 14.1. The monoisotopic (exact) mass is 326 g/mol. The number of hydrogen-bond acceptors (Lipinski definition) is 4. The third kappa shape index (κ3) is 5.05. The highest BCUT2D eigenvalue weighted by Crippen LogP contribution is 2.28. The van der Waals surface area contributed by atoms with E-state index in [1.807, 2.05) is 54.6 Å². The van der Waals surface area contributed by atoms with Crippen molar-refractivity contribution in [3.63, 3.8) is 0 Å². The van der Waals surface area contributed by atoms with Crippen LogP contribution in [0, 0.1) is 0 Å². The van der Waals surface area contributed by atoms with E-state index in [2.05, 4.69) is 10.6 Å². The smallest absolute Gasteiger partial charge is 0.222 e. The van der Waals surface area contributed by atoms with Crippen molar-refractivity contribution in [2.24, 2.45) is 0 Å². The minimum atomic E-state index is -0.137. The lowest BCUT2D eigenvalue weighted by Crippen LogP contribution is -2.29. The average molecular weight is 326 g/mol. The number of benzene rings is 2. The predicted molar refractivity (Wildman–Crippen MR) is 94.6 cm³/mol. The molecule has 0 fully saturated rings. The lowest BCUT2D eigenvalue weighted by Gasteiger charge is -2.13. The third-order valence-electron chi connectivity index (χ3n) is 3.36. The largest absolute Gasteiger partial charge is 0.493 e. The number of ether oxygens (including phenoxy) is 2. The number of rotatable bonds is 7. The van der Waals surface area contributed by atoms with Crippen molar-refractivity contribution in [1.82, 2.24) is 10.6 Å². The third-order valence-corrected chi connectivity index (χ3v) is 3.36. The topological polar surface area (TPSA) is 59.6 Å². The lowest BCUT2D eigenvalue weighted by molar-refractivity contribution is -0.118. The summed E-state index contributed by atoms with van der Waals surface area (Å²) in [6.45, 7) is 2.09. The standard InChI is InChI=1S/C19H22N2O3/c1-14(22)21-19(20-13-15-7-5-4-6-8-15)12-16-9-10-17(23-2)18(11-16)24-3/h4-12,20H,13H2,1-3H3,(H,21,22)/b19-12+. The summed E-state index contributed by atoms with van der Waals surface area (Å²) in [5.74, 6) is 1.78. The highest BCUT2D eigenvalue weighted by Gasteiger charge is 2.05. The van der Waals surface area contributed by atoms with Gasteiger partial charge in [-0.2, -0.15) is 0 Å². The molecule has 0 heterocycles. The molecule has 0 radical (unpaired) electrons. The van der Waals surface area contributed by atoms with Crippen LogP contribution in [0.15, 0.2) is 54.4 Å². The van der Waals surface area contributed by atoms with Crippen molar-refractivity contribution >= 4 is 12.0 Å². The second-order valence-corrected chi connectivity index (χ2v) is 5.19. The van der Waals surface area contributed by atoms with E-state index in [1.54, 1.807) is 14.2 Å². The SMILES string of the molecule is COc1ccc(/C=C(\NCc2ccccc2)NC(C)=O)cc1OC. The maximum Gasteiger partial charge on any atom is 0.222 e. The molecule has 2 aromatic carbocycles. The van der Waals surface area contributed by atoms with Crippen molar-refractivity contribution in [2.75, 3.05) is 14.2 Å². The van der Waals surface area contributed by atoms with Crippen LogP contribution < -0.4 is 20.1 Å². The van der Waals surface area contributed by atoms with Gasteiger partial charge in [0.2, 0.25) is 5.91 Å². The van der Waals surface area contributed by atoms with Crippen LogP contribution >= 0.6 is 0 Å². The lowest BCUT2D eigenvalue weighted by atomic mass is 10.2. The van der Waals surface area contributed by atoms with Crippen molar-refractivity contribution in [3.05, 3.63) is 65.5 Å². The fraction of sp³-hybridized carbons (Fsp3) is 0.211. The van der Waals surface area contributed by atoms with Gasteiger partial charge in [0.05, 0.1) is 14.2 Å². The summed E-state index contributed by atoms with van der Waals surface area (Å²) in [6.07, 6.45) is 1.85. The van der Waals surface area contributed by atoms with Crippen LogP contribution in [0.1, 0.15) is 18.1 Å². The molecule has 0 saturated carbocycles. The number of carbonyl (C=O) groups is 1. The molecule has 2 N–H and O–H groups in total. The van der Waals surface area contributed by atoms with Crippen LogP contribution in [-0.2, 0) is 11.3 Å². The van der Waals surface area contributed by atoms with E-state index < -0.39 is 0 Å². The number of carbonyl (C=O) groups excluding carboxylic acids is 1. The number of nitrogens with one attached hydrogen (secondary N) is 2. The molecular formula is C19H22N2O3. The number of amides is 1. The van der Waals surface area contributed by atoms with Gasteiger partial charge in [0.1, 0.15) is 5.82 Å². The molecule has 2 aromatic rings. The van der Waals surface area contributed by atoms with E-state index in [4.69, 9.17) is 9.47 Å². The molecule has 126 valence electrons. The number of methoxy groups -OCH3 is 2. The normalized spacial score (nSPS) is 10.9. The Morgan fingerprint density at radius 1 is 1.04 bits per heavy atom. The Labute approximate surface area is 142 Å². The van der Waals surface area contributed by atoms with Crippen molar-refractivity contribution in [3.8, 4) is 11.5 Å². The van der Waals surface area contributed by atoms with Gasteiger partial charge in [0.15, 0.2) is 11.5 Å². The van der Waals surface area contributed by atoms with Gasteiger partial charge >= 0.3 is 0 Å². The molecule has 0 atom stereocenters. The molecule has 24 heavy (non-hydrogen) atoms. The van der Waals surface area contributed by atoms with Crippen molar-refractivity contribution in [1.29, 1.82) is 0 Å². The summed E-state index contributed by atoms with van der Waals surface area (Å²) in [5, 5.41) is 6.04. The van der Waals surface area contributed by atoms with E-state index in [9.17, 15) is 4.79 Å². The maximum absolute atomic E-state index is 11.4. The summed E-state index contributed by atoms with van der Waals surface area (Å²) in [4.78, 5) is 11.4. The molecule has 0 saturated heterocycles. The van der Waals surface area contributed by atoms with Gasteiger partial charge in [-0.15, -0.1) is 0 Å². The quantitative estimate of drug-likeness (QED) is 0.821. The Morgan fingerprint density at radius 2 is 1.75 bits per heavy atom. The van der Waals surface area contributed by atoms with Gasteiger partial charge in [-0.25, -0.2) is 0 Å². The first kappa shape index (κ1) is 17.4. The zero-order valence-electron chi connectivity index (χ0n) is 14.1. The fourth-order valence-electron chi connectivity index (χ4n) is 2.22. The zero-order chi connectivity index (χ0) is 17.4. The Bertz CT molecular complexity index is 712. The summed E-state index contributed by atoms with van der Waals surface area (Å²) < 4.78 is 10.5. The molecule has 0 aromatic heterocycles. The molecule has 0 bridgehead atoms. The van der Waals surface area contributed by atoms with E-state index in [0.29, 0.717) is 23.9 Å². The maximum atomic E-state index is 11.4. The molecule has 2 rings (SSSR count). The summed E-state index contributed by atoms with van der Waals surface area (Å²) in [6, 6.07) is 15.5. The second-order valence-electron chi connectivity index (χ2n) is 5.19. The van der Waals surface area contributed by atoms with Crippen LogP contribution in [0.3, 0.4) is 0 Å². The van der Waals surface area contributed by atoms with E-state index in [0.717, 1.165) is 11.1 Å². The van der Waals surface area contributed by atoms with Crippen LogP contribution in [0.2, 0.25) is 0 Å². The first-order valence-electron chi connectivity index (χ1n) is 7.61. The molecule has 0 unspecified atom stereocenters. The van der Waals surface area contributed by atoms with Gasteiger partial charge in [-0.1, -0.05) is 36.4 Å². The fourth-order valence-corrected chi connectivity index (χ4v) is 2.22. The molecule has 5 nitrogen and oxygen atoms in total. The van der Waals surface area contributed by atoms with Gasteiger partial charge < -0.3 is 20.1 Å². The Kier molecular flexibility index (Phi) is 6.25. The van der Waals surface area contributed by atoms with Crippen LogP contribution in [-0.4, -0.2) is 20.1 Å². The molecule has 0 spiro atoms.